The first-order chi connectivity index (χ1) is 9.47. The lowest BCUT2D eigenvalue weighted by atomic mass is 10.2. The van der Waals surface area contributed by atoms with Gasteiger partial charge in [-0.1, -0.05) is 23.2 Å². The van der Waals surface area contributed by atoms with E-state index in [1.165, 1.54) is 0 Å². The van der Waals surface area contributed by atoms with Crippen molar-refractivity contribution in [3.8, 4) is 0 Å². The Morgan fingerprint density at radius 2 is 2.20 bits per heavy atom. The number of anilines is 1. The standard InChI is InChI=1S/C13H15Cl2N3O2/c1-8(18-5-4-16-12(19)7-18)13(20)17-11-6-9(14)2-3-10(11)15/h2-3,6,8H,4-5,7H2,1H3,(H,16,19)(H,17,20). The number of carbonyl (C=O) groups excluding carboxylic acids is 2. The van der Waals surface area contributed by atoms with E-state index < -0.39 is 6.04 Å². The van der Waals surface area contributed by atoms with Gasteiger partial charge in [0.15, 0.2) is 0 Å². The Balaban J connectivity index is 2.03. The van der Waals surface area contributed by atoms with E-state index in [9.17, 15) is 9.59 Å². The largest absolute Gasteiger partial charge is 0.354 e. The lowest BCUT2D eigenvalue weighted by Gasteiger charge is -2.31. The van der Waals surface area contributed by atoms with E-state index in [4.69, 9.17) is 23.2 Å². The molecule has 1 heterocycles. The van der Waals surface area contributed by atoms with Crippen molar-refractivity contribution >= 4 is 40.7 Å². The highest BCUT2D eigenvalue weighted by Crippen LogP contribution is 2.25. The number of nitrogens with zero attached hydrogens (tertiary/aromatic N) is 1. The molecule has 1 atom stereocenters. The quantitative estimate of drug-likeness (QED) is 0.893. The Labute approximate surface area is 127 Å². The fourth-order valence-corrected chi connectivity index (χ4v) is 2.32. The number of benzene rings is 1. The molecule has 0 bridgehead atoms. The van der Waals surface area contributed by atoms with E-state index in [1.807, 2.05) is 4.90 Å². The van der Waals surface area contributed by atoms with Gasteiger partial charge in [0.2, 0.25) is 11.8 Å². The summed E-state index contributed by atoms with van der Waals surface area (Å²) in [7, 11) is 0. The summed E-state index contributed by atoms with van der Waals surface area (Å²) in [4.78, 5) is 25.3. The zero-order valence-corrected chi connectivity index (χ0v) is 12.5. The van der Waals surface area contributed by atoms with Gasteiger partial charge < -0.3 is 10.6 Å². The molecule has 1 aromatic rings. The minimum absolute atomic E-state index is 0.0725. The molecular formula is C13H15Cl2N3O2. The third kappa shape index (κ3) is 3.62. The molecule has 5 nitrogen and oxygen atoms in total. The molecule has 0 aromatic heterocycles. The molecule has 20 heavy (non-hydrogen) atoms. The summed E-state index contributed by atoms with van der Waals surface area (Å²) < 4.78 is 0. The monoisotopic (exact) mass is 315 g/mol. The van der Waals surface area contributed by atoms with Gasteiger partial charge >= 0.3 is 0 Å². The average molecular weight is 316 g/mol. The maximum atomic E-state index is 12.2. The Kier molecular flexibility index (Phi) is 4.86. The molecule has 1 saturated heterocycles. The first-order valence-corrected chi connectivity index (χ1v) is 6.99. The molecule has 2 rings (SSSR count). The molecule has 2 N–H and O–H groups in total. The van der Waals surface area contributed by atoms with E-state index in [0.717, 1.165) is 0 Å². The van der Waals surface area contributed by atoms with Gasteiger partial charge in [-0.3, -0.25) is 14.5 Å². The SMILES string of the molecule is CC(C(=O)Nc1cc(Cl)ccc1Cl)N1CCNC(=O)C1. The van der Waals surface area contributed by atoms with Crippen LogP contribution in [0.2, 0.25) is 10.0 Å². The zero-order chi connectivity index (χ0) is 14.7. The van der Waals surface area contributed by atoms with Crippen molar-refractivity contribution in [3.63, 3.8) is 0 Å². The Hall–Kier alpha value is -1.30. The highest BCUT2D eigenvalue weighted by atomic mass is 35.5. The molecule has 0 saturated carbocycles. The van der Waals surface area contributed by atoms with Gasteiger partial charge in [-0.25, -0.2) is 0 Å². The highest BCUT2D eigenvalue weighted by Gasteiger charge is 2.26. The van der Waals surface area contributed by atoms with Crippen molar-refractivity contribution < 1.29 is 9.59 Å². The molecule has 1 aliphatic rings. The first kappa shape index (κ1) is 15.1. The van der Waals surface area contributed by atoms with E-state index in [0.29, 0.717) is 28.8 Å². The molecule has 0 radical (unpaired) electrons. The predicted molar refractivity (Wildman–Crippen MR) is 79.1 cm³/mol. The summed E-state index contributed by atoms with van der Waals surface area (Å²) in [6.07, 6.45) is 0. The number of rotatable bonds is 3. The predicted octanol–water partition coefficient (Wildman–Crippen LogP) is 1.75. The maximum Gasteiger partial charge on any atom is 0.241 e. The normalized spacial score (nSPS) is 17.4. The maximum absolute atomic E-state index is 12.2. The van der Waals surface area contributed by atoms with Crippen LogP contribution in [0, 0.1) is 0 Å². The summed E-state index contributed by atoms with van der Waals surface area (Å²) in [5.74, 6) is -0.291. The van der Waals surface area contributed by atoms with E-state index in [2.05, 4.69) is 10.6 Å². The second-order valence-electron chi connectivity index (χ2n) is 4.61. The lowest BCUT2D eigenvalue weighted by Crippen LogP contribution is -2.53. The second-order valence-corrected chi connectivity index (χ2v) is 5.45. The van der Waals surface area contributed by atoms with Crippen LogP contribution < -0.4 is 10.6 Å². The minimum atomic E-state index is -0.420. The Morgan fingerprint density at radius 3 is 2.90 bits per heavy atom. The van der Waals surface area contributed by atoms with Crippen LogP contribution in [0.15, 0.2) is 18.2 Å². The Bertz CT molecular complexity index is 536. The number of halogens is 2. The third-order valence-corrected chi connectivity index (χ3v) is 3.75. The van der Waals surface area contributed by atoms with Gasteiger partial charge in [0, 0.05) is 18.1 Å². The van der Waals surface area contributed by atoms with Gasteiger partial charge in [-0.2, -0.15) is 0 Å². The van der Waals surface area contributed by atoms with E-state index in [-0.39, 0.29) is 18.4 Å². The third-order valence-electron chi connectivity index (χ3n) is 3.18. The van der Waals surface area contributed by atoms with Crippen LogP contribution in [0.5, 0.6) is 0 Å². The summed E-state index contributed by atoms with van der Waals surface area (Å²) in [6.45, 7) is 3.17. The minimum Gasteiger partial charge on any atom is -0.354 e. The van der Waals surface area contributed by atoms with Crippen LogP contribution in [0.3, 0.4) is 0 Å². The van der Waals surface area contributed by atoms with Crippen molar-refractivity contribution in [2.75, 3.05) is 25.0 Å². The topological polar surface area (TPSA) is 61.4 Å². The number of amides is 2. The van der Waals surface area contributed by atoms with Crippen LogP contribution in [-0.4, -0.2) is 42.4 Å². The van der Waals surface area contributed by atoms with E-state index in [1.54, 1.807) is 25.1 Å². The molecule has 2 amide bonds. The lowest BCUT2D eigenvalue weighted by molar-refractivity contribution is -0.127. The van der Waals surface area contributed by atoms with Crippen LogP contribution in [0.4, 0.5) is 5.69 Å². The van der Waals surface area contributed by atoms with Crippen LogP contribution in [-0.2, 0) is 9.59 Å². The van der Waals surface area contributed by atoms with Gasteiger partial charge in [-0.15, -0.1) is 0 Å². The van der Waals surface area contributed by atoms with Crippen molar-refractivity contribution in [2.45, 2.75) is 13.0 Å². The van der Waals surface area contributed by atoms with Crippen LogP contribution in [0.1, 0.15) is 6.92 Å². The Morgan fingerprint density at radius 1 is 1.45 bits per heavy atom. The number of hydrogen-bond donors (Lipinski definition) is 2. The highest BCUT2D eigenvalue weighted by molar-refractivity contribution is 6.35. The number of carbonyl (C=O) groups is 2. The molecule has 108 valence electrons. The summed E-state index contributed by atoms with van der Waals surface area (Å²) >= 11 is 11.9. The summed E-state index contributed by atoms with van der Waals surface area (Å²) in [5.41, 5.74) is 0.470. The molecular weight excluding hydrogens is 301 g/mol. The summed E-state index contributed by atoms with van der Waals surface area (Å²) in [6, 6.07) is 4.45. The zero-order valence-electron chi connectivity index (χ0n) is 11.0. The van der Waals surface area contributed by atoms with Crippen molar-refractivity contribution in [1.82, 2.24) is 10.2 Å². The fourth-order valence-electron chi connectivity index (χ4n) is 1.99. The number of nitrogens with one attached hydrogen (secondary N) is 2. The number of hydrogen-bond acceptors (Lipinski definition) is 3. The fraction of sp³-hybridized carbons (Fsp3) is 0.385. The average Bonchev–Trinajstić information content (AvgIpc) is 2.42. The molecule has 1 aromatic carbocycles. The molecule has 0 spiro atoms. The molecule has 1 fully saturated rings. The van der Waals surface area contributed by atoms with Crippen molar-refractivity contribution in [2.24, 2.45) is 0 Å². The van der Waals surface area contributed by atoms with Crippen molar-refractivity contribution in [3.05, 3.63) is 28.2 Å². The van der Waals surface area contributed by atoms with Gasteiger partial charge in [0.1, 0.15) is 0 Å². The van der Waals surface area contributed by atoms with E-state index >= 15 is 0 Å². The molecule has 1 unspecified atom stereocenters. The van der Waals surface area contributed by atoms with Gasteiger partial charge in [-0.05, 0) is 25.1 Å². The van der Waals surface area contributed by atoms with Gasteiger partial charge in [0.05, 0.1) is 23.3 Å². The smallest absolute Gasteiger partial charge is 0.241 e. The first-order valence-electron chi connectivity index (χ1n) is 6.24. The molecule has 0 aliphatic carbocycles. The number of piperazine rings is 1. The van der Waals surface area contributed by atoms with Gasteiger partial charge in [0.25, 0.3) is 0 Å². The van der Waals surface area contributed by atoms with Crippen LogP contribution >= 0.6 is 23.2 Å². The molecule has 7 heteroatoms. The molecule has 1 aliphatic heterocycles. The summed E-state index contributed by atoms with van der Waals surface area (Å²) in [5, 5.41) is 6.37. The second kappa shape index (κ2) is 6.43. The van der Waals surface area contributed by atoms with Crippen LogP contribution in [0.25, 0.3) is 0 Å². The van der Waals surface area contributed by atoms with Crippen molar-refractivity contribution in [1.29, 1.82) is 0 Å².